The van der Waals surface area contributed by atoms with Crippen molar-refractivity contribution in [1.29, 1.82) is 0 Å². The maximum absolute atomic E-state index is 12.1. The minimum atomic E-state index is -0.445. The Morgan fingerprint density at radius 1 is 1.19 bits per heavy atom. The third-order valence-electron chi connectivity index (χ3n) is 3.41. The highest BCUT2D eigenvalue weighted by Gasteiger charge is 2.11. The van der Waals surface area contributed by atoms with Crippen molar-refractivity contribution >= 4 is 45.0 Å². The van der Waals surface area contributed by atoms with Gasteiger partial charge in [0.2, 0.25) is 5.91 Å². The molecular formula is C17H13BrN4O3S. The second-order valence-corrected chi connectivity index (χ2v) is 7.06. The molecule has 0 radical (unpaired) electrons. The molecule has 1 amide bonds. The van der Waals surface area contributed by atoms with Gasteiger partial charge in [0.15, 0.2) is 5.16 Å². The molecule has 1 heterocycles. The molecule has 0 unspecified atom stereocenters. The van der Waals surface area contributed by atoms with Gasteiger partial charge in [0.25, 0.3) is 5.69 Å². The SMILES string of the molecule is O=C(CSc1nccn1-c1ccc([N+](=O)[O-])cc1)Nc1ccc(Br)cc1. The van der Waals surface area contributed by atoms with Gasteiger partial charge in [0, 0.05) is 40.4 Å². The lowest BCUT2D eigenvalue weighted by Crippen LogP contribution is -2.14. The van der Waals surface area contributed by atoms with Gasteiger partial charge in [-0.15, -0.1) is 0 Å². The number of nitrogens with zero attached hydrogens (tertiary/aromatic N) is 3. The zero-order chi connectivity index (χ0) is 18.5. The maximum atomic E-state index is 12.1. The van der Waals surface area contributed by atoms with Crippen molar-refractivity contribution in [2.75, 3.05) is 11.1 Å². The largest absolute Gasteiger partial charge is 0.325 e. The van der Waals surface area contributed by atoms with Crippen LogP contribution in [0.5, 0.6) is 0 Å². The Morgan fingerprint density at radius 2 is 1.88 bits per heavy atom. The first-order chi connectivity index (χ1) is 12.5. The van der Waals surface area contributed by atoms with Crippen molar-refractivity contribution in [2.45, 2.75) is 5.16 Å². The molecule has 3 aromatic rings. The van der Waals surface area contributed by atoms with E-state index in [-0.39, 0.29) is 17.3 Å². The molecule has 7 nitrogen and oxygen atoms in total. The number of carbonyl (C=O) groups is 1. The van der Waals surface area contributed by atoms with Gasteiger partial charge < -0.3 is 5.32 Å². The number of halogens is 1. The molecule has 1 N–H and O–H groups in total. The van der Waals surface area contributed by atoms with Crippen LogP contribution in [0, 0.1) is 10.1 Å². The molecule has 0 bridgehead atoms. The van der Waals surface area contributed by atoms with E-state index >= 15 is 0 Å². The van der Waals surface area contributed by atoms with E-state index in [1.165, 1.54) is 23.9 Å². The number of nitro benzene ring substituents is 1. The van der Waals surface area contributed by atoms with E-state index in [0.29, 0.717) is 5.16 Å². The number of amides is 1. The fourth-order valence-corrected chi connectivity index (χ4v) is 3.23. The summed E-state index contributed by atoms with van der Waals surface area (Å²) in [5.74, 6) is 0.0515. The van der Waals surface area contributed by atoms with Crippen molar-refractivity contribution in [3.63, 3.8) is 0 Å². The molecular weight excluding hydrogens is 420 g/mol. The minimum absolute atomic E-state index is 0.0249. The Morgan fingerprint density at radius 3 is 2.54 bits per heavy atom. The van der Waals surface area contributed by atoms with Crippen LogP contribution in [0.2, 0.25) is 0 Å². The van der Waals surface area contributed by atoms with Gasteiger partial charge in [0.05, 0.1) is 10.7 Å². The van der Waals surface area contributed by atoms with Gasteiger partial charge >= 0.3 is 0 Å². The summed E-state index contributed by atoms with van der Waals surface area (Å²) in [4.78, 5) is 26.7. The zero-order valence-electron chi connectivity index (χ0n) is 13.3. The Hall–Kier alpha value is -2.65. The number of hydrogen-bond acceptors (Lipinski definition) is 5. The van der Waals surface area contributed by atoms with Gasteiger partial charge in [-0.25, -0.2) is 4.98 Å². The van der Waals surface area contributed by atoms with E-state index in [1.54, 1.807) is 29.1 Å². The van der Waals surface area contributed by atoms with Crippen LogP contribution in [-0.2, 0) is 4.79 Å². The first kappa shape index (κ1) is 18.2. The summed E-state index contributed by atoms with van der Waals surface area (Å²) in [5, 5.41) is 14.2. The van der Waals surface area contributed by atoms with Crippen molar-refractivity contribution in [2.24, 2.45) is 0 Å². The quantitative estimate of drug-likeness (QED) is 0.356. The lowest BCUT2D eigenvalue weighted by atomic mass is 10.3. The van der Waals surface area contributed by atoms with Gasteiger partial charge in [-0.05, 0) is 36.4 Å². The summed E-state index contributed by atoms with van der Waals surface area (Å²) in [6.07, 6.45) is 3.37. The average Bonchev–Trinajstić information content (AvgIpc) is 3.10. The number of nitrogens with one attached hydrogen (secondary N) is 1. The Kier molecular flexibility index (Phi) is 5.69. The first-order valence-electron chi connectivity index (χ1n) is 7.49. The van der Waals surface area contributed by atoms with E-state index < -0.39 is 4.92 Å². The van der Waals surface area contributed by atoms with Crippen LogP contribution in [0.4, 0.5) is 11.4 Å². The van der Waals surface area contributed by atoms with E-state index in [1.807, 2.05) is 24.3 Å². The van der Waals surface area contributed by atoms with Crippen LogP contribution in [-0.4, -0.2) is 26.1 Å². The molecule has 1 aromatic heterocycles. The average molecular weight is 433 g/mol. The Bertz CT molecular complexity index is 926. The van der Waals surface area contributed by atoms with E-state index in [0.717, 1.165) is 15.8 Å². The lowest BCUT2D eigenvalue weighted by molar-refractivity contribution is -0.384. The third-order valence-corrected chi connectivity index (χ3v) is 4.90. The number of carbonyl (C=O) groups excluding carboxylic acids is 1. The monoisotopic (exact) mass is 432 g/mol. The molecule has 0 aliphatic rings. The first-order valence-corrected chi connectivity index (χ1v) is 9.27. The molecule has 0 saturated heterocycles. The van der Waals surface area contributed by atoms with Crippen molar-refractivity contribution in [3.8, 4) is 5.69 Å². The summed E-state index contributed by atoms with van der Waals surface area (Å²) >= 11 is 4.63. The summed E-state index contributed by atoms with van der Waals surface area (Å²) in [6, 6.07) is 13.5. The van der Waals surface area contributed by atoms with E-state index in [2.05, 4.69) is 26.2 Å². The smallest absolute Gasteiger partial charge is 0.269 e. The van der Waals surface area contributed by atoms with Gasteiger partial charge in [0.1, 0.15) is 0 Å². The lowest BCUT2D eigenvalue weighted by Gasteiger charge is -2.08. The molecule has 0 aliphatic heterocycles. The molecule has 0 atom stereocenters. The standard InChI is InChI=1S/C17H13BrN4O3S/c18-12-1-3-13(4-2-12)20-16(23)11-26-17-19-9-10-21(17)14-5-7-15(8-6-14)22(24)25/h1-10H,11H2,(H,20,23). The van der Waals surface area contributed by atoms with Crippen molar-refractivity contribution < 1.29 is 9.72 Å². The molecule has 132 valence electrons. The number of imidazole rings is 1. The summed E-state index contributed by atoms with van der Waals surface area (Å²) in [6.45, 7) is 0. The molecule has 0 spiro atoms. The molecule has 0 saturated carbocycles. The number of rotatable bonds is 6. The van der Waals surface area contributed by atoms with Crippen LogP contribution in [0.25, 0.3) is 5.69 Å². The normalized spacial score (nSPS) is 10.5. The third kappa shape index (κ3) is 4.50. The number of anilines is 1. The molecule has 26 heavy (non-hydrogen) atoms. The van der Waals surface area contributed by atoms with Gasteiger partial charge in [-0.1, -0.05) is 27.7 Å². The maximum Gasteiger partial charge on any atom is 0.269 e. The topological polar surface area (TPSA) is 90.1 Å². The molecule has 0 aliphatic carbocycles. The summed E-state index contributed by atoms with van der Waals surface area (Å²) in [5.41, 5.74) is 1.48. The van der Waals surface area contributed by atoms with Crippen LogP contribution < -0.4 is 5.32 Å². The summed E-state index contributed by atoms with van der Waals surface area (Å²) < 4.78 is 2.72. The number of thioether (sulfide) groups is 1. The predicted octanol–water partition coefficient (Wildman–Crippen LogP) is 4.27. The summed E-state index contributed by atoms with van der Waals surface area (Å²) in [7, 11) is 0. The highest BCUT2D eigenvalue weighted by Crippen LogP contribution is 2.22. The van der Waals surface area contributed by atoms with Crippen LogP contribution in [0.15, 0.2) is 70.6 Å². The fraction of sp³-hybridized carbons (Fsp3) is 0.0588. The number of non-ortho nitro benzene ring substituents is 1. The highest BCUT2D eigenvalue weighted by atomic mass is 79.9. The number of hydrogen-bond donors (Lipinski definition) is 1. The molecule has 0 fully saturated rings. The zero-order valence-corrected chi connectivity index (χ0v) is 15.7. The van der Waals surface area contributed by atoms with Crippen molar-refractivity contribution in [3.05, 3.63) is 75.5 Å². The second-order valence-electron chi connectivity index (χ2n) is 5.20. The molecule has 2 aromatic carbocycles. The van der Waals surface area contributed by atoms with Crippen LogP contribution in [0.3, 0.4) is 0 Å². The van der Waals surface area contributed by atoms with Gasteiger partial charge in [-0.3, -0.25) is 19.5 Å². The van der Waals surface area contributed by atoms with E-state index in [4.69, 9.17) is 0 Å². The number of benzene rings is 2. The Balaban J connectivity index is 1.64. The number of aromatic nitrogens is 2. The molecule has 9 heteroatoms. The van der Waals surface area contributed by atoms with E-state index in [9.17, 15) is 14.9 Å². The minimum Gasteiger partial charge on any atom is -0.325 e. The van der Waals surface area contributed by atoms with Crippen LogP contribution >= 0.6 is 27.7 Å². The number of nitro groups is 1. The molecule has 3 rings (SSSR count). The predicted molar refractivity (Wildman–Crippen MR) is 104 cm³/mol. The highest BCUT2D eigenvalue weighted by molar-refractivity contribution is 9.10. The fourth-order valence-electron chi connectivity index (χ4n) is 2.19. The Labute approximate surface area is 161 Å². The van der Waals surface area contributed by atoms with Crippen LogP contribution in [0.1, 0.15) is 0 Å². The van der Waals surface area contributed by atoms with Crippen molar-refractivity contribution in [1.82, 2.24) is 9.55 Å². The second kappa shape index (κ2) is 8.15. The van der Waals surface area contributed by atoms with Gasteiger partial charge in [-0.2, -0.15) is 0 Å².